The van der Waals surface area contributed by atoms with Crippen LogP contribution >= 0.6 is 12.6 Å². The molecule has 0 N–H and O–H groups in total. The van der Waals surface area contributed by atoms with Crippen LogP contribution in [-0.2, 0) is 51.9 Å². The van der Waals surface area contributed by atoms with Gasteiger partial charge in [0.2, 0.25) is 0 Å². The summed E-state index contributed by atoms with van der Waals surface area (Å²) in [7, 11) is 0. The second-order valence-electron chi connectivity index (χ2n) is 4.16. The standard InChI is InChI=1S/C7H14O2S.2C4H10S.Cu/c1-2-3-5-9-7(8)4-6-10;2*1-2-3-4-5;/h10H,2-6H2,1H3;2*5H,2-4H2,1H3;/q;;;+2/p-2. The van der Waals surface area contributed by atoms with Crippen molar-refractivity contribution in [2.45, 2.75) is 65.7 Å². The zero-order valence-electron chi connectivity index (χ0n) is 13.7. The van der Waals surface area contributed by atoms with Gasteiger partial charge in [0.1, 0.15) is 0 Å². The smallest absolute Gasteiger partial charge is 0.793 e. The van der Waals surface area contributed by atoms with E-state index < -0.39 is 0 Å². The minimum absolute atomic E-state index is 0. The number of hydrogen-bond donors (Lipinski definition) is 1. The largest absolute Gasteiger partial charge is 2.00 e. The zero-order valence-corrected chi connectivity index (χ0v) is 17.1. The van der Waals surface area contributed by atoms with Crippen molar-refractivity contribution in [2.24, 2.45) is 0 Å². The van der Waals surface area contributed by atoms with Crippen LogP contribution in [0.2, 0.25) is 0 Å². The van der Waals surface area contributed by atoms with Crippen molar-refractivity contribution < 1.29 is 26.6 Å². The molecule has 0 aromatic rings. The molecule has 0 spiro atoms. The quantitative estimate of drug-likeness (QED) is 0.204. The van der Waals surface area contributed by atoms with E-state index in [0.29, 0.717) is 18.8 Å². The Morgan fingerprint density at radius 3 is 1.62 bits per heavy atom. The Labute approximate surface area is 159 Å². The molecule has 0 aliphatic rings. The fraction of sp³-hybridized carbons (Fsp3) is 0.933. The van der Waals surface area contributed by atoms with Crippen molar-refractivity contribution in [2.75, 3.05) is 23.9 Å². The predicted molar refractivity (Wildman–Crippen MR) is 98.6 cm³/mol. The molecular formula is C15H32CuO2S3. The minimum Gasteiger partial charge on any atom is -0.793 e. The maximum absolute atomic E-state index is 10.6. The molecule has 1 radical (unpaired) electrons. The van der Waals surface area contributed by atoms with Gasteiger partial charge in [-0.25, -0.2) is 0 Å². The first-order valence-electron chi connectivity index (χ1n) is 7.57. The summed E-state index contributed by atoms with van der Waals surface area (Å²) in [6.45, 7) is 6.91. The second kappa shape index (κ2) is 32.8. The van der Waals surface area contributed by atoms with Crippen LogP contribution in [0, 0.1) is 0 Å². The van der Waals surface area contributed by atoms with Gasteiger partial charge in [0.25, 0.3) is 0 Å². The third-order valence-electron chi connectivity index (χ3n) is 2.07. The summed E-state index contributed by atoms with van der Waals surface area (Å²) >= 11 is 13.2. The van der Waals surface area contributed by atoms with Crippen LogP contribution in [0.25, 0.3) is 0 Å². The molecule has 0 fully saturated rings. The number of carbonyl (C=O) groups is 1. The molecule has 0 saturated carbocycles. The summed E-state index contributed by atoms with van der Waals surface area (Å²) in [4.78, 5) is 10.6. The predicted octanol–water partition coefficient (Wildman–Crippen LogP) is 4.31. The van der Waals surface area contributed by atoms with Gasteiger partial charge in [0.05, 0.1) is 13.0 Å². The maximum atomic E-state index is 10.6. The van der Waals surface area contributed by atoms with E-state index in [1.54, 1.807) is 0 Å². The maximum Gasteiger partial charge on any atom is 2.00 e. The van der Waals surface area contributed by atoms with Crippen molar-refractivity contribution >= 4 is 43.9 Å². The molecule has 2 nitrogen and oxygen atoms in total. The molecule has 0 aromatic carbocycles. The summed E-state index contributed by atoms with van der Waals surface area (Å²) in [5.74, 6) is 2.29. The molecule has 133 valence electrons. The molecule has 0 rings (SSSR count). The molecule has 0 aliphatic heterocycles. The van der Waals surface area contributed by atoms with Crippen LogP contribution in [-0.4, -0.2) is 29.8 Å². The van der Waals surface area contributed by atoms with E-state index in [0.717, 1.165) is 24.3 Å². The van der Waals surface area contributed by atoms with Gasteiger partial charge >= 0.3 is 23.0 Å². The molecule has 0 heterocycles. The van der Waals surface area contributed by atoms with Gasteiger partial charge in [-0.2, -0.15) is 24.1 Å². The summed E-state index contributed by atoms with van der Waals surface area (Å²) in [6.07, 6.45) is 7.33. The fourth-order valence-electron chi connectivity index (χ4n) is 0.782. The van der Waals surface area contributed by atoms with Gasteiger partial charge in [-0.15, -0.1) is 0 Å². The monoisotopic (exact) mass is 403 g/mol. The normalized spacial score (nSPS) is 8.48. The van der Waals surface area contributed by atoms with Crippen molar-refractivity contribution in [3.05, 3.63) is 0 Å². The Morgan fingerprint density at radius 1 is 0.952 bits per heavy atom. The Hall–Kier alpha value is 1.04. The number of carbonyl (C=O) groups excluding carboxylic acids is 1. The summed E-state index contributed by atoms with van der Waals surface area (Å²) in [5.41, 5.74) is 0. The van der Waals surface area contributed by atoms with Crippen LogP contribution in [0.15, 0.2) is 0 Å². The van der Waals surface area contributed by atoms with E-state index in [9.17, 15) is 4.79 Å². The van der Waals surface area contributed by atoms with Crippen molar-refractivity contribution in [3.8, 4) is 0 Å². The summed E-state index contributed by atoms with van der Waals surface area (Å²) < 4.78 is 4.84. The van der Waals surface area contributed by atoms with Gasteiger partial charge < -0.3 is 30.0 Å². The van der Waals surface area contributed by atoms with E-state index >= 15 is 0 Å². The summed E-state index contributed by atoms with van der Waals surface area (Å²) in [5, 5.41) is 0. The molecule has 0 saturated heterocycles. The van der Waals surface area contributed by atoms with Gasteiger partial charge in [-0.1, -0.05) is 52.9 Å². The number of thiol groups is 1. The first kappa shape index (κ1) is 30.0. The van der Waals surface area contributed by atoms with Gasteiger partial charge in [0, 0.05) is 5.75 Å². The topological polar surface area (TPSA) is 26.3 Å². The number of esters is 1. The minimum atomic E-state index is -0.136. The van der Waals surface area contributed by atoms with Gasteiger partial charge in [-0.05, 0) is 6.42 Å². The van der Waals surface area contributed by atoms with Gasteiger partial charge in [0.15, 0.2) is 0 Å². The van der Waals surface area contributed by atoms with Crippen molar-refractivity contribution in [1.82, 2.24) is 0 Å². The third-order valence-corrected chi connectivity index (χ3v) is 2.87. The second-order valence-corrected chi connectivity index (χ2v) is 5.43. The Morgan fingerprint density at radius 2 is 1.38 bits per heavy atom. The van der Waals surface area contributed by atoms with E-state index in [1.807, 2.05) is 0 Å². The number of hydrogen-bond acceptors (Lipinski definition) is 5. The van der Waals surface area contributed by atoms with Crippen molar-refractivity contribution in [3.63, 3.8) is 0 Å². The molecule has 0 unspecified atom stereocenters. The third kappa shape index (κ3) is 44.9. The number of rotatable bonds is 9. The van der Waals surface area contributed by atoms with E-state index in [1.165, 1.54) is 25.7 Å². The Kier molecular flexibility index (Phi) is 46.9. The first-order chi connectivity index (χ1) is 9.64. The molecule has 21 heavy (non-hydrogen) atoms. The average molecular weight is 404 g/mol. The Bertz CT molecular complexity index is 163. The number of ether oxygens (including phenoxy) is 1. The van der Waals surface area contributed by atoms with Crippen LogP contribution in [0.1, 0.15) is 65.7 Å². The SMILES string of the molecule is CCCCOC(=O)CCS.CCCC[S-].CCCC[S-].[Cu+2]. The molecule has 0 aromatic heterocycles. The first-order valence-corrected chi connectivity index (χ1v) is 9.35. The molecule has 6 heteroatoms. The van der Waals surface area contributed by atoms with Crippen molar-refractivity contribution in [1.29, 1.82) is 0 Å². The van der Waals surface area contributed by atoms with E-state index in [4.69, 9.17) is 4.74 Å². The van der Waals surface area contributed by atoms with Crippen LogP contribution in [0.4, 0.5) is 0 Å². The van der Waals surface area contributed by atoms with E-state index in [-0.39, 0.29) is 23.0 Å². The van der Waals surface area contributed by atoms with Crippen LogP contribution < -0.4 is 0 Å². The van der Waals surface area contributed by atoms with Gasteiger partial charge in [-0.3, -0.25) is 4.79 Å². The van der Waals surface area contributed by atoms with Crippen LogP contribution in [0.3, 0.4) is 0 Å². The number of unbranched alkanes of at least 4 members (excludes halogenated alkanes) is 3. The molecule has 0 bridgehead atoms. The fourth-order valence-corrected chi connectivity index (χ4v) is 1.54. The van der Waals surface area contributed by atoms with E-state index in [2.05, 4.69) is 58.7 Å². The van der Waals surface area contributed by atoms with Crippen LogP contribution in [0.5, 0.6) is 0 Å². The molecule has 0 amide bonds. The summed E-state index contributed by atoms with van der Waals surface area (Å²) in [6, 6.07) is 0. The molecule has 0 atom stereocenters. The molecule has 0 aliphatic carbocycles. The average Bonchev–Trinajstić information content (AvgIpc) is 2.43. The Balaban J connectivity index is -0.000000112. The molecular weight excluding hydrogens is 372 g/mol. The zero-order chi connectivity index (χ0) is 16.1.